The van der Waals surface area contributed by atoms with Crippen molar-refractivity contribution in [1.29, 1.82) is 0 Å². The largest absolute Gasteiger partial charge is 0.409 e. The highest BCUT2D eigenvalue weighted by Crippen LogP contribution is 2.22. The first-order valence-electron chi connectivity index (χ1n) is 5.35. The van der Waals surface area contributed by atoms with Crippen LogP contribution in [0.3, 0.4) is 0 Å². The average molecular weight is 249 g/mol. The van der Waals surface area contributed by atoms with E-state index in [0.29, 0.717) is 13.0 Å². The van der Waals surface area contributed by atoms with Crippen molar-refractivity contribution in [3.63, 3.8) is 0 Å². The Morgan fingerprint density at radius 1 is 1.62 bits per heavy atom. The van der Waals surface area contributed by atoms with Gasteiger partial charge in [0.2, 0.25) is 10.0 Å². The van der Waals surface area contributed by atoms with Gasteiger partial charge in [-0.05, 0) is 18.8 Å². The molecule has 1 heterocycles. The molecule has 0 aromatic heterocycles. The monoisotopic (exact) mass is 249 g/mol. The van der Waals surface area contributed by atoms with Crippen LogP contribution < -0.4 is 5.73 Å². The number of nitrogens with two attached hydrogens (primary N) is 1. The fourth-order valence-corrected chi connectivity index (χ4v) is 3.99. The summed E-state index contributed by atoms with van der Waals surface area (Å²) in [5, 5.41) is 11.5. The van der Waals surface area contributed by atoms with Crippen LogP contribution in [0.25, 0.3) is 0 Å². The van der Waals surface area contributed by atoms with Crippen molar-refractivity contribution in [3.8, 4) is 0 Å². The number of hydrogen-bond acceptors (Lipinski definition) is 4. The van der Waals surface area contributed by atoms with Crippen molar-refractivity contribution < 1.29 is 13.6 Å². The summed E-state index contributed by atoms with van der Waals surface area (Å²) < 4.78 is 25.4. The Morgan fingerprint density at radius 3 is 2.75 bits per heavy atom. The van der Waals surface area contributed by atoms with E-state index < -0.39 is 16.1 Å². The van der Waals surface area contributed by atoms with Gasteiger partial charge in [-0.2, -0.15) is 4.31 Å². The van der Waals surface area contributed by atoms with Crippen molar-refractivity contribution in [2.75, 3.05) is 12.3 Å². The van der Waals surface area contributed by atoms with Crippen molar-refractivity contribution in [2.24, 2.45) is 16.8 Å². The minimum atomic E-state index is -3.30. The SMILES string of the molecule is CC(C)CS(=O)(=O)N1CCCC1C(N)=NO. The minimum absolute atomic E-state index is 0.0233. The summed E-state index contributed by atoms with van der Waals surface area (Å²) >= 11 is 0. The molecule has 0 amide bonds. The predicted molar refractivity (Wildman–Crippen MR) is 61.8 cm³/mol. The Balaban J connectivity index is 2.87. The maximum absolute atomic E-state index is 12.0. The molecule has 1 aliphatic rings. The molecule has 1 aliphatic heterocycles. The molecule has 1 fully saturated rings. The highest BCUT2D eigenvalue weighted by atomic mass is 32.2. The predicted octanol–water partition coefficient (Wildman–Crippen LogP) is 0.183. The van der Waals surface area contributed by atoms with E-state index in [1.165, 1.54) is 4.31 Å². The smallest absolute Gasteiger partial charge is 0.215 e. The fourth-order valence-electron chi connectivity index (χ4n) is 1.95. The van der Waals surface area contributed by atoms with Crippen LogP contribution >= 0.6 is 0 Å². The second-order valence-corrected chi connectivity index (χ2v) is 6.43. The third kappa shape index (κ3) is 2.85. The molecule has 6 nitrogen and oxygen atoms in total. The van der Waals surface area contributed by atoms with E-state index in [-0.39, 0.29) is 17.5 Å². The Morgan fingerprint density at radius 2 is 2.25 bits per heavy atom. The number of rotatable bonds is 4. The quantitative estimate of drug-likeness (QED) is 0.321. The normalized spacial score (nSPS) is 24.2. The third-order valence-electron chi connectivity index (χ3n) is 2.56. The molecule has 0 radical (unpaired) electrons. The van der Waals surface area contributed by atoms with Gasteiger partial charge in [-0.3, -0.25) is 0 Å². The van der Waals surface area contributed by atoms with Gasteiger partial charge in [0.15, 0.2) is 5.84 Å². The van der Waals surface area contributed by atoms with Gasteiger partial charge >= 0.3 is 0 Å². The van der Waals surface area contributed by atoms with Gasteiger partial charge < -0.3 is 10.9 Å². The van der Waals surface area contributed by atoms with E-state index >= 15 is 0 Å². The molecular weight excluding hydrogens is 230 g/mol. The lowest BCUT2D eigenvalue weighted by Gasteiger charge is -2.23. The van der Waals surface area contributed by atoms with Crippen LogP contribution in [0.2, 0.25) is 0 Å². The Labute approximate surface area is 96.2 Å². The van der Waals surface area contributed by atoms with Crippen molar-refractivity contribution >= 4 is 15.9 Å². The molecule has 1 unspecified atom stereocenters. The van der Waals surface area contributed by atoms with E-state index in [0.717, 1.165) is 6.42 Å². The van der Waals surface area contributed by atoms with E-state index in [1.54, 1.807) is 0 Å². The maximum atomic E-state index is 12.0. The lowest BCUT2D eigenvalue weighted by Crippen LogP contribution is -2.45. The van der Waals surface area contributed by atoms with Crippen LogP contribution in [0.1, 0.15) is 26.7 Å². The molecule has 1 saturated heterocycles. The number of oxime groups is 1. The molecule has 0 spiro atoms. The summed E-state index contributed by atoms with van der Waals surface area (Å²) in [5.41, 5.74) is 5.49. The van der Waals surface area contributed by atoms with Crippen molar-refractivity contribution in [1.82, 2.24) is 4.31 Å². The first kappa shape index (κ1) is 13.2. The number of amidine groups is 1. The number of nitrogens with zero attached hydrogens (tertiary/aromatic N) is 2. The van der Waals surface area contributed by atoms with E-state index in [2.05, 4.69) is 5.16 Å². The highest BCUT2D eigenvalue weighted by Gasteiger charge is 2.36. The second-order valence-electron chi connectivity index (χ2n) is 4.47. The molecule has 0 aromatic carbocycles. The summed E-state index contributed by atoms with van der Waals surface area (Å²) in [7, 11) is -3.30. The minimum Gasteiger partial charge on any atom is -0.409 e. The lowest BCUT2D eigenvalue weighted by molar-refractivity contribution is 0.311. The van der Waals surface area contributed by atoms with Gasteiger partial charge in [0.05, 0.1) is 11.8 Å². The molecule has 0 bridgehead atoms. The summed E-state index contributed by atoms with van der Waals surface area (Å²) in [6, 6.07) is -0.478. The zero-order chi connectivity index (χ0) is 12.3. The van der Waals surface area contributed by atoms with Crippen LogP contribution in [0, 0.1) is 5.92 Å². The first-order valence-corrected chi connectivity index (χ1v) is 6.96. The first-order chi connectivity index (χ1) is 7.38. The van der Waals surface area contributed by atoms with E-state index in [1.807, 2.05) is 13.8 Å². The molecule has 1 atom stereocenters. The molecular formula is C9H19N3O3S. The lowest BCUT2D eigenvalue weighted by atomic mass is 10.2. The Hall–Kier alpha value is -0.820. The van der Waals surface area contributed by atoms with Crippen molar-refractivity contribution in [3.05, 3.63) is 0 Å². The van der Waals surface area contributed by atoms with Gasteiger partial charge in [-0.25, -0.2) is 8.42 Å². The molecule has 7 heteroatoms. The van der Waals surface area contributed by atoms with Gasteiger partial charge in [0.25, 0.3) is 0 Å². The van der Waals surface area contributed by atoms with Crippen LogP contribution in [0.15, 0.2) is 5.16 Å². The second kappa shape index (κ2) is 5.01. The van der Waals surface area contributed by atoms with Crippen LogP contribution in [0.5, 0.6) is 0 Å². The van der Waals surface area contributed by atoms with Gasteiger partial charge in [-0.15, -0.1) is 0 Å². The number of sulfonamides is 1. The molecule has 0 saturated carbocycles. The average Bonchev–Trinajstić information content (AvgIpc) is 2.63. The third-order valence-corrected chi connectivity index (χ3v) is 4.80. The van der Waals surface area contributed by atoms with Crippen molar-refractivity contribution in [2.45, 2.75) is 32.7 Å². The van der Waals surface area contributed by atoms with Crippen LogP contribution in [0.4, 0.5) is 0 Å². The van der Waals surface area contributed by atoms with Gasteiger partial charge in [0.1, 0.15) is 0 Å². The standard InChI is InChI=1S/C9H19N3O3S/c1-7(2)6-16(14,15)12-5-3-4-8(12)9(10)11-13/h7-8,13H,3-6H2,1-2H3,(H2,10,11). The molecule has 0 aromatic rings. The summed E-state index contributed by atoms with van der Waals surface area (Å²) in [4.78, 5) is 0. The summed E-state index contributed by atoms with van der Waals surface area (Å²) in [6.07, 6.45) is 1.37. The van der Waals surface area contributed by atoms with Gasteiger partial charge in [0, 0.05) is 6.54 Å². The molecule has 0 aliphatic carbocycles. The molecule has 1 rings (SSSR count). The van der Waals surface area contributed by atoms with Gasteiger partial charge in [-0.1, -0.05) is 19.0 Å². The summed E-state index contributed by atoms with van der Waals surface area (Å²) in [5.74, 6) is 0.144. The Kier molecular flexibility index (Phi) is 4.15. The van der Waals surface area contributed by atoms with E-state index in [9.17, 15) is 8.42 Å². The topological polar surface area (TPSA) is 96.0 Å². The highest BCUT2D eigenvalue weighted by molar-refractivity contribution is 7.89. The number of hydrogen-bond donors (Lipinski definition) is 2. The zero-order valence-electron chi connectivity index (χ0n) is 9.63. The molecule has 3 N–H and O–H groups in total. The maximum Gasteiger partial charge on any atom is 0.215 e. The van der Waals surface area contributed by atoms with Crippen LogP contribution in [-0.2, 0) is 10.0 Å². The fraction of sp³-hybridized carbons (Fsp3) is 0.889. The molecule has 16 heavy (non-hydrogen) atoms. The van der Waals surface area contributed by atoms with Crippen LogP contribution in [-0.4, -0.2) is 42.1 Å². The summed E-state index contributed by atoms with van der Waals surface area (Å²) in [6.45, 7) is 4.16. The van der Waals surface area contributed by atoms with E-state index in [4.69, 9.17) is 10.9 Å². The zero-order valence-corrected chi connectivity index (χ0v) is 10.4. The molecule has 94 valence electrons. The Bertz CT molecular complexity index is 364.